The van der Waals surface area contributed by atoms with Crippen molar-refractivity contribution in [3.05, 3.63) is 407 Å². The third kappa shape index (κ3) is 17.7. The molecule has 5 aromatic heterocycles. The van der Waals surface area contributed by atoms with Crippen molar-refractivity contribution in [1.29, 1.82) is 0 Å². The van der Waals surface area contributed by atoms with Crippen molar-refractivity contribution in [1.82, 2.24) is 29.9 Å². The van der Waals surface area contributed by atoms with Crippen LogP contribution in [0.3, 0.4) is 0 Å². The van der Waals surface area contributed by atoms with Gasteiger partial charge in [0.05, 0.1) is 0 Å². The molecule has 17 aromatic rings. The number of aromatic nitrogens is 6. The molecule has 0 aliphatic heterocycles. The maximum Gasteiger partial charge on any atom is 0.0160 e. The van der Waals surface area contributed by atoms with Gasteiger partial charge in [0.15, 0.2) is 0 Å². The van der Waals surface area contributed by atoms with E-state index in [0.29, 0.717) is 5.82 Å². The monoisotopic (exact) mass is 1990 g/mol. The van der Waals surface area contributed by atoms with Gasteiger partial charge in [-0.25, -0.2) is 41.5 Å². The molecule has 12 heteroatoms. The number of pyridine rings is 4. The Labute approximate surface area is 690 Å². The molecule has 12 aromatic carbocycles. The van der Waals surface area contributed by atoms with Crippen LogP contribution in [0.25, 0.3) is 157 Å². The standard InChI is InChI=1S/2C40H24Br2N2.C16H8N2.2Ir/c2*41-37-25-29(39-16-5-7-22-43-39)18-20-35(37)33-14-3-1-12-31(33)27-10-9-11-28(24-27)32-13-2-4-15-34(32)36-21-19-30(26-38(36)42)40-17-6-8-23-44-40;1-2-5-13(6-3-1)14-7-9-15(10-8-14)16-17-11-4-12-18-16;;/h2*1-17,20-26H;1-4,7-8,11-12H;;/q2*-2;-4;;. The fraction of sp³-hybridized carbons (Fsp3) is 0. The van der Waals surface area contributed by atoms with Gasteiger partial charge in [-0.3, -0.25) is 29.8 Å². The van der Waals surface area contributed by atoms with Crippen molar-refractivity contribution < 1.29 is 40.2 Å². The van der Waals surface area contributed by atoms with E-state index in [1.54, 1.807) is 43.2 Å². The molecule has 108 heavy (non-hydrogen) atoms. The largest absolute Gasteiger partial charge is 0.333 e. The molecule has 0 amide bonds. The molecule has 0 fully saturated rings. The van der Waals surface area contributed by atoms with Crippen molar-refractivity contribution in [3.63, 3.8) is 0 Å². The second-order valence-corrected chi connectivity index (χ2v) is 27.7. The van der Waals surface area contributed by atoms with Crippen LogP contribution in [-0.2, 0) is 40.2 Å². The van der Waals surface area contributed by atoms with Crippen LogP contribution in [0.4, 0.5) is 0 Å². The zero-order valence-electron chi connectivity index (χ0n) is 57.2. The van der Waals surface area contributed by atoms with Gasteiger partial charge in [0.2, 0.25) is 0 Å². The molecule has 0 N–H and O–H groups in total. The van der Waals surface area contributed by atoms with E-state index in [-0.39, 0.29) is 40.2 Å². The van der Waals surface area contributed by atoms with Crippen LogP contribution in [0.15, 0.2) is 358 Å². The Hall–Kier alpha value is -10.5. The Balaban J connectivity index is 0.000000153. The van der Waals surface area contributed by atoms with Crippen molar-refractivity contribution >= 4 is 63.7 Å². The SMILES string of the molecule is Brc1cc(-c2ccccn2)[c-]cc1-c1ccccc1-c1cccc(-c2ccccc2-c2c[c-]c(-c3ccccn3)cc2Br)c1.Brc1cc(-c2ccccn2)[c-]cc1-c1ccccc1-c1cccc(-c2ccccc2-c2c[c-]c(-c3ccccn3)cc2Br)c1.[Ir].[Ir].[c-]1ccc[c-]c1-c1c[c-]c(-c2ncccn2)[c-]c1. The predicted molar refractivity (Wildman–Crippen MR) is 444 cm³/mol. The number of hydrogen-bond donors (Lipinski definition) is 0. The molecule has 524 valence electrons. The first kappa shape index (κ1) is 75.8. The van der Waals surface area contributed by atoms with Crippen LogP contribution in [0.5, 0.6) is 0 Å². The molecule has 0 aliphatic rings. The Bertz CT molecular complexity index is 5230. The number of halogens is 4. The summed E-state index contributed by atoms with van der Waals surface area (Å²) < 4.78 is 4.00. The van der Waals surface area contributed by atoms with Gasteiger partial charge in [0.1, 0.15) is 0 Å². The van der Waals surface area contributed by atoms with E-state index in [9.17, 15) is 0 Å². The summed E-state index contributed by atoms with van der Waals surface area (Å²) in [4.78, 5) is 26.3. The molecular formula is C96H56Br4Ir2N6-8. The second-order valence-electron chi connectivity index (χ2n) is 24.3. The van der Waals surface area contributed by atoms with E-state index in [2.05, 4.69) is 336 Å². The van der Waals surface area contributed by atoms with Gasteiger partial charge in [0, 0.05) is 77.4 Å². The van der Waals surface area contributed by atoms with Gasteiger partial charge >= 0.3 is 0 Å². The van der Waals surface area contributed by atoms with Gasteiger partial charge in [-0.2, -0.15) is 0 Å². The number of nitrogens with zero attached hydrogens (tertiary/aromatic N) is 6. The molecule has 0 unspecified atom stereocenters. The van der Waals surface area contributed by atoms with E-state index in [4.69, 9.17) is 0 Å². The Morgan fingerprint density at radius 3 is 0.759 bits per heavy atom. The second kappa shape index (κ2) is 36.4. The molecule has 17 rings (SSSR count). The number of rotatable bonds is 14. The molecule has 5 heterocycles. The summed E-state index contributed by atoms with van der Waals surface area (Å²) in [6.45, 7) is 0. The molecule has 0 aliphatic carbocycles. The molecule has 0 saturated carbocycles. The summed E-state index contributed by atoms with van der Waals surface area (Å²) in [5.41, 5.74) is 28.1. The third-order valence-corrected chi connectivity index (χ3v) is 20.3. The van der Waals surface area contributed by atoms with Crippen LogP contribution in [0, 0.1) is 48.5 Å². The van der Waals surface area contributed by atoms with E-state index >= 15 is 0 Å². The maximum absolute atomic E-state index is 4.49. The first-order chi connectivity index (χ1) is 52.2. The normalized spacial score (nSPS) is 10.6. The average Bonchev–Trinajstić information content (AvgIpc) is 0.779. The third-order valence-electron chi connectivity index (χ3n) is 17.7. The molecule has 6 nitrogen and oxygen atoms in total. The van der Waals surface area contributed by atoms with Crippen molar-refractivity contribution in [2.75, 3.05) is 0 Å². The van der Waals surface area contributed by atoms with Crippen LogP contribution in [-0.4, -0.2) is 29.9 Å². The fourth-order valence-corrected chi connectivity index (χ4v) is 14.8. The fourth-order valence-electron chi connectivity index (χ4n) is 12.6. The van der Waals surface area contributed by atoms with Crippen LogP contribution < -0.4 is 0 Å². The molecule has 2 radical (unpaired) electrons. The molecule has 0 saturated heterocycles. The smallest absolute Gasteiger partial charge is 0.0160 e. The number of benzene rings is 12. The molecule has 0 atom stereocenters. The quantitative estimate of drug-likeness (QED) is 0.101. The van der Waals surface area contributed by atoms with Crippen LogP contribution in [0.1, 0.15) is 0 Å². The van der Waals surface area contributed by atoms with Gasteiger partial charge in [-0.1, -0.05) is 308 Å². The minimum absolute atomic E-state index is 0. The Kier molecular flexibility index (Phi) is 25.6. The van der Waals surface area contributed by atoms with Gasteiger partial charge in [-0.15, -0.1) is 95.1 Å². The van der Waals surface area contributed by atoms with Gasteiger partial charge < -0.3 is 29.9 Å². The number of hydrogen-bond acceptors (Lipinski definition) is 6. The topological polar surface area (TPSA) is 77.3 Å². The van der Waals surface area contributed by atoms with Crippen molar-refractivity contribution in [3.8, 4) is 157 Å². The summed E-state index contributed by atoms with van der Waals surface area (Å²) in [7, 11) is 0. The summed E-state index contributed by atoms with van der Waals surface area (Å²) in [5, 5.41) is 0. The van der Waals surface area contributed by atoms with Crippen molar-refractivity contribution in [2.24, 2.45) is 0 Å². The van der Waals surface area contributed by atoms with E-state index in [0.717, 1.165) is 169 Å². The van der Waals surface area contributed by atoms with Crippen LogP contribution in [0.2, 0.25) is 0 Å². The minimum Gasteiger partial charge on any atom is -0.333 e. The molecule has 0 spiro atoms. The van der Waals surface area contributed by atoms with Crippen molar-refractivity contribution in [2.45, 2.75) is 0 Å². The zero-order valence-corrected chi connectivity index (χ0v) is 68.3. The average molecular weight is 2000 g/mol. The zero-order chi connectivity index (χ0) is 72.0. The predicted octanol–water partition coefficient (Wildman–Crippen LogP) is 26.2. The van der Waals surface area contributed by atoms with Gasteiger partial charge in [0.25, 0.3) is 0 Å². The van der Waals surface area contributed by atoms with Crippen LogP contribution >= 0.6 is 63.7 Å². The van der Waals surface area contributed by atoms with E-state index in [1.165, 1.54) is 0 Å². The first-order valence-electron chi connectivity index (χ1n) is 33.9. The summed E-state index contributed by atoms with van der Waals surface area (Å²) in [5.74, 6) is 0.630. The Morgan fingerprint density at radius 2 is 0.481 bits per heavy atom. The summed E-state index contributed by atoms with van der Waals surface area (Å²) in [6.07, 6.45) is 10.6. The molecule has 0 bridgehead atoms. The molecular weight excluding hydrogens is 1940 g/mol. The Morgan fingerprint density at radius 1 is 0.204 bits per heavy atom. The summed E-state index contributed by atoms with van der Waals surface area (Å²) in [6, 6.07) is 129. The minimum atomic E-state index is 0. The van der Waals surface area contributed by atoms with E-state index in [1.807, 2.05) is 103 Å². The summed E-state index contributed by atoms with van der Waals surface area (Å²) >= 11 is 15.4. The van der Waals surface area contributed by atoms with Gasteiger partial charge in [-0.05, 0) is 116 Å². The first-order valence-corrected chi connectivity index (χ1v) is 37.1. The van der Waals surface area contributed by atoms with E-state index < -0.39 is 0 Å². The maximum atomic E-state index is 4.49.